The Morgan fingerprint density at radius 3 is 2.88 bits per heavy atom. The van der Waals surface area contributed by atoms with Crippen LogP contribution >= 0.6 is 0 Å². The highest BCUT2D eigenvalue weighted by Crippen LogP contribution is 2.30. The minimum absolute atomic E-state index is 0.156. The zero-order chi connectivity index (χ0) is 18.4. The van der Waals surface area contributed by atoms with Crippen LogP contribution in [0.4, 0.5) is 0 Å². The highest BCUT2D eigenvalue weighted by molar-refractivity contribution is 6.47. The van der Waals surface area contributed by atoms with Crippen LogP contribution in [0, 0.1) is 5.92 Å². The van der Waals surface area contributed by atoms with Gasteiger partial charge in [0.2, 0.25) is 5.91 Å². The lowest BCUT2D eigenvalue weighted by Gasteiger charge is -2.29. The van der Waals surface area contributed by atoms with E-state index in [1.54, 1.807) is 19.1 Å². The number of ether oxygens (including phenoxy) is 1. The van der Waals surface area contributed by atoms with Crippen molar-refractivity contribution in [2.45, 2.75) is 52.4 Å². The molecule has 1 atom stereocenters. The first-order chi connectivity index (χ1) is 11.9. The van der Waals surface area contributed by atoms with Crippen LogP contribution in [0.25, 0.3) is 0 Å². The molecule has 1 aromatic carbocycles. The number of carbonyl (C=O) groups excluding carboxylic acids is 2. The maximum atomic E-state index is 12.3. The van der Waals surface area contributed by atoms with Crippen molar-refractivity contribution in [1.82, 2.24) is 5.32 Å². The quantitative estimate of drug-likeness (QED) is 0.448. The third kappa shape index (κ3) is 5.23. The van der Waals surface area contributed by atoms with Crippen molar-refractivity contribution in [1.29, 1.82) is 0 Å². The van der Waals surface area contributed by atoms with Crippen molar-refractivity contribution in [3.8, 4) is 5.75 Å². The van der Waals surface area contributed by atoms with E-state index < -0.39 is 19.0 Å². The number of amides is 1. The summed E-state index contributed by atoms with van der Waals surface area (Å²) in [6.07, 6.45) is 2.54. The summed E-state index contributed by atoms with van der Waals surface area (Å²) >= 11 is 0. The lowest BCUT2D eigenvalue weighted by molar-refractivity contribution is -0.121. The van der Waals surface area contributed by atoms with Crippen molar-refractivity contribution in [2.24, 2.45) is 5.92 Å². The van der Waals surface area contributed by atoms with Gasteiger partial charge in [-0.05, 0) is 36.8 Å². The number of para-hydroxylation sites is 1. The number of hydrogen-bond donors (Lipinski definition) is 2. The minimum Gasteiger partial charge on any atom is -0.534 e. The molecule has 0 aliphatic carbocycles. The molecule has 0 fully saturated rings. The van der Waals surface area contributed by atoms with Crippen molar-refractivity contribution < 1.29 is 24.0 Å². The number of nitrogens with one attached hydrogen (secondary N) is 1. The molecular weight excluding hydrogens is 321 g/mol. The smallest absolute Gasteiger partial charge is 0.534 e. The molecule has 1 amide bonds. The zero-order valence-corrected chi connectivity index (χ0v) is 15.1. The van der Waals surface area contributed by atoms with Gasteiger partial charge in [0.25, 0.3) is 0 Å². The van der Waals surface area contributed by atoms with Crippen molar-refractivity contribution in [2.75, 3.05) is 6.61 Å². The Morgan fingerprint density at radius 2 is 2.20 bits per heavy atom. The average molecular weight is 347 g/mol. The summed E-state index contributed by atoms with van der Waals surface area (Å²) in [7, 11) is -1.20. The molecular formula is C18H26BNO5. The molecule has 0 bridgehead atoms. The fraction of sp³-hybridized carbons (Fsp3) is 0.556. The van der Waals surface area contributed by atoms with Gasteiger partial charge in [0.05, 0.1) is 12.5 Å². The normalized spacial score (nSPS) is 16.2. The first kappa shape index (κ1) is 19.3. The van der Waals surface area contributed by atoms with Gasteiger partial charge in [-0.2, -0.15) is 0 Å². The maximum Gasteiger partial charge on any atom is 0.547 e. The van der Waals surface area contributed by atoms with Crippen LogP contribution in [-0.2, 0) is 16.0 Å². The first-order valence-corrected chi connectivity index (χ1v) is 8.85. The SMILES string of the molecule is CCC(=O)NC1Cc2cccc(C(=O)OCCCC(C)C)c2OB1O. The molecule has 0 saturated heterocycles. The predicted octanol–water partition coefficient (Wildman–Crippen LogP) is 2.13. The topological polar surface area (TPSA) is 84.9 Å². The molecule has 25 heavy (non-hydrogen) atoms. The molecule has 1 unspecified atom stereocenters. The van der Waals surface area contributed by atoms with Gasteiger partial charge >= 0.3 is 13.1 Å². The Bertz CT molecular complexity index is 619. The largest absolute Gasteiger partial charge is 0.547 e. The molecule has 1 aliphatic heterocycles. The van der Waals surface area contributed by atoms with E-state index in [9.17, 15) is 14.6 Å². The molecule has 7 heteroatoms. The standard InChI is InChI=1S/C18H26BNO5/c1-4-16(21)20-15-11-13-8-5-9-14(17(13)25-19(15)23)18(22)24-10-6-7-12(2)3/h5,8-9,12,15,23H,4,6-7,10-11H2,1-3H3,(H,20,21). The molecule has 1 heterocycles. The second-order valence-electron chi connectivity index (χ2n) is 6.71. The molecule has 0 saturated carbocycles. The van der Waals surface area contributed by atoms with Crippen molar-refractivity contribution >= 4 is 19.0 Å². The highest BCUT2D eigenvalue weighted by Gasteiger charge is 2.37. The highest BCUT2D eigenvalue weighted by atomic mass is 16.5. The van der Waals surface area contributed by atoms with Crippen LogP contribution in [0.5, 0.6) is 5.75 Å². The molecule has 1 aromatic rings. The first-order valence-electron chi connectivity index (χ1n) is 8.85. The van der Waals surface area contributed by atoms with E-state index in [0.717, 1.165) is 18.4 Å². The van der Waals surface area contributed by atoms with Crippen molar-refractivity contribution in [3.63, 3.8) is 0 Å². The summed E-state index contributed by atoms with van der Waals surface area (Å²) in [5.74, 6) is -0.235. The molecule has 1 aliphatic rings. The maximum absolute atomic E-state index is 12.3. The number of carbonyl (C=O) groups is 2. The molecule has 0 aromatic heterocycles. The fourth-order valence-corrected chi connectivity index (χ4v) is 2.75. The molecule has 0 radical (unpaired) electrons. The summed E-state index contributed by atoms with van der Waals surface area (Å²) in [6.45, 7) is 6.35. The Morgan fingerprint density at radius 1 is 1.44 bits per heavy atom. The Kier molecular flexibility index (Phi) is 6.87. The van der Waals surface area contributed by atoms with E-state index in [2.05, 4.69) is 19.2 Å². The van der Waals surface area contributed by atoms with E-state index in [0.29, 0.717) is 36.7 Å². The minimum atomic E-state index is -1.20. The Hall–Kier alpha value is -2.02. The second-order valence-corrected chi connectivity index (χ2v) is 6.71. The van der Waals surface area contributed by atoms with Gasteiger partial charge < -0.3 is 19.7 Å². The molecule has 0 spiro atoms. The van der Waals surface area contributed by atoms with E-state index in [1.165, 1.54) is 0 Å². The third-order valence-electron chi connectivity index (χ3n) is 4.17. The van der Waals surface area contributed by atoms with Gasteiger partial charge in [0.15, 0.2) is 0 Å². The van der Waals surface area contributed by atoms with Gasteiger partial charge in [0, 0.05) is 6.42 Å². The van der Waals surface area contributed by atoms with Gasteiger partial charge in [-0.1, -0.05) is 32.9 Å². The van der Waals surface area contributed by atoms with Crippen LogP contribution < -0.4 is 9.97 Å². The summed E-state index contributed by atoms with van der Waals surface area (Å²) in [5.41, 5.74) is 1.07. The molecule has 2 rings (SSSR count). The van der Waals surface area contributed by atoms with Crippen LogP contribution in [0.15, 0.2) is 18.2 Å². The van der Waals surface area contributed by atoms with Gasteiger partial charge in [-0.3, -0.25) is 4.79 Å². The van der Waals surface area contributed by atoms with E-state index >= 15 is 0 Å². The van der Waals surface area contributed by atoms with E-state index in [-0.39, 0.29) is 5.91 Å². The summed E-state index contributed by atoms with van der Waals surface area (Å²) < 4.78 is 10.8. The lowest BCUT2D eigenvalue weighted by atomic mass is 9.72. The Labute approximate surface area is 149 Å². The number of benzene rings is 1. The third-order valence-corrected chi connectivity index (χ3v) is 4.17. The Balaban J connectivity index is 2.05. The molecule has 6 nitrogen and oxygen atoms in total. The molecule has 2 N–H and O–H groups in total. The van der Waals surface area contributed by atoms with Crippen molar-refractivity contribution in [3.05, 3.63) is 29.3 Å². The average Bonchev–Trinajstić information content (AvgIpc) is 2.58. The van der Waals surface area contributed by atoms with Crippen LogP contribution in [0.3, 0.4) is 0 Å². The van der Waals surface area contributed by atoms with Gasteiger partial charge in [0.1, 0.15) is 11.3 Å². The van der Waals surface area contributed by atoms with Crippen LogP contribution in [-0.4, -0.2) is 36.6 Å². The summed E-state index contributed by atoms with van der Waals surface area (Å²) in [4.78, 5) is 23.9. The molecule has 136 valence electrons. The fourth-order valence-electron chi connectivity index (χ4n) is 2.75. The van der Waals surface area contributed by atoms with Gasteiger partial charge in [-0.15, -0.1) is 0 Å². The summed E-state index contributed by atoms with van der Waals surface area (Å²) in [5, 5.41) is 12.9. The number of hydrogen-bond acceptors (Lipinski definition) is 5. The number of esters is 1. The second kappa shape index (κ2) is 8.90. The predicted molar refractivity (Wildman–Crippen MR) is 95.3 cm³/mol. The van der Waals surface area contributed by atoms with E-state index in [1.807, 2.05) is 6.07 Å². The van der Waals surface area contributed by atoms with Crippen LogP contribution in [0.2, 0.25) is 0 Å². The number of fused-ring (bicyclic) bond motifs is 1. The van der Waals surface area contributed by atoms with E-state index in [4.69, 9.17) is 9.39 Å². The monoisotopic (exact) mass is 347 g/mol. The summed E-state index contributed by atoms with van der Waals surface area (Å²) in [6, 6.07) is 5.20. The lowest BCUT2D eigenvalue weighted by Crippen LogP contribution is -2.53. The zero-order valence-electron chi connectivity index (χ0n) is 15.1. The van der Waals surface area contributed by atoms with Crippen LogP contribution in [0.1, 0.15) is 56.0 Å². The van der Waals surface area contributed by atoms with Gasteiger partial charge in [-0.25, -0.2) is 4.79 Å². The number of rotatable bonds is 7.